The van der Waals surface area contributed by atoms with E-state index in [1.165, 1.54) is 25.3 Å². The number of carbonyl (C=O) groups excluding carboxylic acids is 4. The average Bonchev–Trinajstić information content (AvgIpc) is 2.52. The lowest BCUT2D eigenvalue weighted by atomic mass is 10.3. The van der Waals surface area contributed by atoms with Crippen LogP contribution in [0.1, 0.15) is 17.4 Å². The zero-order chi connectivity index (χ0) is 17.4. The molecule has 0 saturated carbocycles. The Kier molecular flexibility index (Phi) is 6.94. The van der Waals surface area contributed by atoms with E-state index in [9.17, 15) is 19.2 Å². The number of esters is 1. The zero-order valence-electron chi connectivity index (χ0n) is 12.3. The summed E-state index contributed by atoms with van der Waals surface area (Å²) in [5.74, 6) is -2.35. The number of hydrogen-bond donors (Lipinski definition) is 2. The lowest BCUT2D eigenvalue weighted by molar-refractivity contribution is -0.153. The van der Waals surface area contributed by atoms with Crippen molar-refractivity contribution in [3.8, 4) is 0 Å². The normalized spacial score (nSPS) is 11.1. The smallest absolute Gasteiger partial charge is 0.413 e. The second-order valence-electron chi connectivity index (χ2n) is 4.15. The minimum atomic E-state index is -1.23. The lowest BCUT2D eigenvalue weighted by Crippen LogP contribution is -2.41. The highest BCUT2D eigenvalue weighted by Gasteiger charge is 2.20. The summed E-state index contributed by atoms with van der Waals surface area (Å²) < 4.78 is 8.98. The van der Waals surface area contributed by atoms with Gasteiger partial charge in [0.2, 0.25) is 0 Å². The maximum Gasteiger partial charge on any atom is 0.413 e. The van der Waals surface area contributed by atoms with E-state index >= 15 is 0 Å². The van der Waals surface area contributed by atoms with Gasteiger partial charge in [0, 0.05) is 11.2 Å². The van der Waals surface area contributed by atoms with Crippen LogP contribution in [0.25, 0.3) is 0 Å². The number of halogens is 1. The molecule has 0 aromatic carbocycles. The average molecular weight is 344 g/mol. The van der Waals surface area contributed by atoms with Gasteiger partial charge in [0.1, 0.15) is 12.2 Å². The number of hydrogen-bond acceptors (Lipinski definition) is 7. The van der Waals surface area contributed by atoms with E-state index in [-0.39, 0.29) is 5.69 Å². The van der Waals surface area contributed by atoms with Crippen LogP contribution in [0.5, 0.6) is 0 Å². The number of nitrogens with zero attached hydrogens (tertiary/aromatic N) is 1. The molecule has 0 fully saturated rings. The van der Waals surface area contributed by atoms with E-state index in [0.717, 1.165) is 7.11 Å². The SMILES string of the molecule is COC(=O)NC(=O)[C@@H](C)OC(=O)CNC(=O)c1cc(Cl)ccn1. The van der Waals surface area contributed by atoms with E-state index < -0.39 is 36.5 Å². The third-order valence-electron chi connectivity index (χ3n) is 2.44. The molecule has 10 heteroatoms. The lowest BCUT2D eigenvalue weighted by Gasteiger charge is -2.12. The van der Waals surface area contributed by atoms with Gasteiger partial charge in [-0.05, 0) is 19.1 Å². The van der Waals surface area contributed by atoms with Crippen molar-refractivity contribution < 1.29 is 28.7 Å². The molecule has 1 rings (SSSR count). The highest BCUT2D eigenvalue weighted by atomic mass is 35.5. The molecule has 0 aliphatic heterocycles. The van der Waals surface area contributed by atoms with Gasteiger partial charge in [0.15, 0.2) is 6.10 Å². The molecule has 1 heterocycles. The summed E-state index contributed by atoms with van der Waals surface area (Å²) in [6.45, 7) is 0.777. The third kappa shape index (κ3) is 6.30. The Bertz CT molecular complexity index is 621. The van der Waals surface area contributed by atoms with Gasteiger partial charge >= 0.3 is 12.1 Å². The van der Waals surface area contributed by atoms with Crippen molar-refractivity contribution in [3.63, 3.8) is 0 Å². The molecule has 0 aliphatic rings. The van der Waals surface area contributed by atoms with Gasteiger partial charge < -0.3 is 14.8 Å². The molecule has 0 radical (unpaired) electrons. The number of rotatable bonds is 5. The maximum atomic E-state index is 11.7. The van der Waals surface area contributed by atoms with Crippen molar-refractivity contribution >= 4 is 35.5 Å². The van der Waals surface area contributed by atoms with Gasteiger partial charge in [-0.15, -0.1) is 0 Å². The molecule has 0 unspecified atom stereocenters. The quantitative estimate of drug-likeness (QED) is 0.736. The van der Waals surface area contributed by atoms with Crippen molar-refractivity contribution in [3.05, 3.63) is 29.0 Å². The fourth-order valence-electron chi connectivity index (χ4n) is 1.32. The fraction of sp³-hybridized carbons (Fsp3) is 0.308. The van der Waals surface area contributed by atoms with Crippen molar-refractivity contribution in [1.82, 2.24) is 15.6 Å². The largest absolute Gasteiger partial charge is 0.453 e. The van der Waals surface area contributed by atoms with Crippen LogP contribution in [0, 0.1) is 0 Å². The first-order valence-corrected chi connectivity index (χ1v) is 6.69. The van der Waals surface area contributed by atoms with Crippen molar-refractivity contribution in [2.24, 2.45) is 0 Å². The number of imide groups is 1. The number of ether oxygens (including phenoxy) is 2. The number of aromatic nitrogens is 1. The van der Waals surface area contributed by atoms with Crippen LogP contribution < -0.4 is 10.6 Å². The Morgan fingerprint density at radius 2 is 2.04 bits per heavy atom. The maximum absolute atomic E-state index is 11.7. The van der Waals surface area contributed by atoms with Crippen molar-refractivity contribution in [2.45, 2.75) is 13.0 Å². The molecule has 124 valence electrons. The predicted molar refractivity (Wildman–Crippen MR) is 77.7 cm³/mol. The molecular weight excluding hydrogens is 330 g/mol. The standard InChI is InChI=1S/C13H14ClN3O6/c1-7(11(19)17-13(21)22-2)23-10(18)6-16-12(20)9-5-8(14)3-4-15-9/h3-5,7H,6H2,1-2H3,(H,16,20)(H,17,19,21)/t7-/m1/s1. The molecule has 1 aromatic rings. The number of pyridine rings is 1. The molecule has 0 bridgehead atoms. The molecular formula is C13H14ClN3O6. The molecule has 1 atom stereocenters. The first kappa shape index (κ1) is 18.4. The van der Waals surface area contributed by atoms with E-state index in [1.54, 1.807) is 0 Å². The first-order chi connectivity index (χ1) is 10.8. The van der Waals surface area contributed by atoms with E-state index in [0.29, 0.717) is 5.02 Å². The van der Waals surface area contributed by atoms with Crippen LogP contribution >= 0.6 is 11.6 Å². The Balaban J connectivity index is 2.43. The van der Waals surface area contributed by atoms with Gasteiger partial charge in [-0.3, -0.25) is 24.7 Å². The molecule has 9 nitrogen and oxygen atoms in total. The Morgan fingerprint density at radius 1 is 1.35 bits per heavy atom. The van der Waals surface area contributed by atoms with Crippen LogP contribution in [-0.4, -0.2) is 48.6 Å². The van der Waals surface area contributed by atoms with E-state index in [1.807, 2.05) is 5.32 Å². The van der Waals surface area contributed by atoms with Gasteiger partial charge in [-0.1, -0.05) is 11.6 Å². The summed E-state index contributed by atoms with van der Waals surface area (Å²) in [5.41, 5.74) is 0.0294. The van der Waals surface area contributed by atoms with Gasteiger partial charge in [0.05, 0.1) is 7.11 Å². The summed E-state index contributed by atoms with van der Waals surface area (Å²) in [6.07, 6.45) is -0.865. The van der Waals surface area contributed by atoms with Crippen LogP contribution in [0.2, 0.25) is 5.02 Å². The fourth-order valence-corrected chi connectivity index (χ4v) is 1.48. The number of carbonyl (C=O) groups is 4. The second kappa shape index (κ2) is 8.69. The van der Waals surface area contributed by atoms with Crippen LogP contribution in [0.3, 0.4) is 0 Å². The molecule has 0 saturated heterocycles. The van der Waals surface area contributed by atoms with Crippen LogP contribution in [0.4, 0.5) is 4.79 Å². The third-order valence-corrected chi connectivity index (χ3v) is 2.67. The van der Waals surface area contributed by atoms with Crippen molar-refractivity contribution in [2.75, 3.05) is 13.7 Å². The summed E-state index contributed by atoms with van der Waals surface area (Å²) >= 11 is 5.71. The highest BCUT2D eigenvalue weighted by molar-refractivity contribution is 6.30. The van der Waals surface area contributed by atoms with E-state index in [2.05, 4.69) is 15.0 Å². The predicted octanol–water partition coefficient (Wildman–Crippen LogP) is 0.279. The van der Waals surface area contributed by atoms with Gasteiger partial charge in [-0.2, -0.15) is 0 Å². The zero-order valence-corrected chi connectivity index (χ0v) is 13.0. The van der Waals surface area contributed by atoms with Gasteiger partial charge in [0.25, 0.3) is 11.8 Å². The number of nitrogens with one attached hydrogen (secondary N) is 2. The topological polar surface area (TPSA) is 124 Å². The molecule has 0 aliphatic carbocycles. The number of amides is 3. The minimum Gasteiger partial charge on any atom is -0.453 e. The molecule has 23 heavy (non-hydrogen) atoms. The highest BCUT2D eigenvalue weighted by Crippen LogP contribution is 2.07. The van der Waals surface area contributed by atoms with Crippen LogP contribution in [-0.2, 0) is 19.1 Å². The molecule has 1 aromatic heterocycles. The Labute approximate surface area is 136 Å². The number of alkyl carbamates (subject to hydrolysis) is 1. The first-order valence-electron chi connectivity index (χ1n) is 6.31. The monoisotopic (exact) mass is 343 g/mol. The minimum absolute atomic E-state index is 0.0294. The Hall–Kier alpha value is -2.68. The summed E-state index contributed by atoms with van der Waals surface area (Å²) in [6, 6.07) is 2.82. The van der Waals surface area contributed by atoms with Crippen molar-refractivity contribution in [1.29, 1.82) is 0 Å². The van der Waals surface area contributed by atoms with E-state index in [4.69, 9.17) is 16.3 Å². The molecule has 3 amide bonds. The van der Waals surface area contributed by atoms with Gasteiger partial charge in [-0.25, -0.2) is 4.79 Å². The molecule has 0 spiro atoms. The van der Waals surface area contributed by atoms with Crippen LogP contribution in [0.15, 0.2) is 18.3 Å². The summed E-state index contributed by atoms with van der Waals surface area (Å²) in [4.78, 5) is 49.3. The second-order valence-corrected chi connectivity index (χ2v) is 4.59. The summed E-state index contributed by atoms with van der Waals surface area (Å²) in [5, 5.41) is 4.43. The number of methoxy groups -OCH3 is 1. The Morgan fingerprint density at radius 3 is 2.65 bits per heavy atom. The molecule has 2 N–H and O–H groups in total. The summed E-state index contributed by atoms with van der Waals surface area (Å²) in [7, 11) is 1.08.